The van der Waals surface area contributed by atoms with Gasteiger partial charge in [0.15, 0.2) is 5.58 Å². The summed E-state index contributed by atoms with van der Waals surface area (Å²) >= 11 is 0. The summed E-state index contributed by atoms with van der Waals surface area (Å²) in [7, 11) is 0. The van der Waals surface area contributed by atoms with Crippen LogP contribution in [0.1, 0.15) is 25.0 Å². The van der Waals surface area contributed by atoms with Crippen LogP contribution in [0.3, 0.4) is 0 Å². The Balaban J connectivity index is 1.17. The minimum atomic E-state index is -0.151. The SMILES string of the molecule is CC1(C)c2ccccc2-c2ccc(N(c3ccc4c5ccccc5c5ccccc5c4c3)c3cccc4c3oc3c(-c5ccccc5)c5ccccc5cc34)cc21. The van der Waals surface area contributed by atoms with Crippen molar-refractivity contribution in [2.24, 2.45) is 0 Å². The topological polar surface area (TPSA) is 16.4 Å². The quantitative estimate of drug-likeness (QED) is 0.168. The Kier molecular flexibility index (Phi) is 6.72. The van der Waals surface area contributed by atoms with Gasteiger partial charge in [0.1, 0.15) is 5.58 Å². The summed E-state index contributed by atoms with van der Waals surface area (Å²) in [6.45, 7) is 4.71. The first-order valence-corrected chi connectivity index (χ1v) is 19.8. The Hall–Kier alpha value is -7.16. The van der Waals surface area contributed by atoms with Crippen LogP contribution in [0.15, 0.2) is 192 Å². The lowest BCUT2D eigenvalue weighted by Crippen LogP contribution is -2.16. The minimum Gasteiger partial charge on any atom is -0.453 e. The van der Waals surface area contributed by atoms with E-state index in [0.717, 1.165) is 50.1 Å². The molecular weight excluding hydrogens is 691 g/mol. The molecular formula is C55H37NO. The van der Waals surface area contributed by atoms with Crippen LogP contribution in [0.4, 0.5) is 17.1 Å². The van der Waals surface area contributed by atoms with Gasteiger partial charge in [0.05, 0.1) is 5.69 Å². The van der Waals surface area contributed by atoms with Gasteiger partial charge in [0.2, 0.25) is 0 Å². The summed E-state index contributed by atoms with van der Waals surface area (Å²) in [6.07, 6.45) is 0. The molecule has 0 aliphatic heterocycles. The monoisotopic (exact) mass is 727 g/mol. The number of para-hydroxylation sites is 1. The maximum Gasteiger partial charge on any atom is 0.159 e. The van der Waals surface area contributed by atoms with Crippen molar-refractivity contribution in [1.29, 1.82) is 0 Å². The van der Waals surface area contributed by atoms with Crippen molar-refractivity contribution in [2.45, 2.75) is 19.3 Å². The van der Waals surface area contributed by atoms with Gasteiger partial charge in [-0.3, -0.25) is 0 Å². The lowest BCUT2D eigenvalue weighted by molar-refractivity contribution is 0.660. The molecule has 2 nitrogen and oxygen atoms in total. The summed E-state index contributed by atoms with van der Waals surface area (Å²) < 4.78 is 7.26. The highest BCUT2D eigenvalue weighted by Crippen LogP contribution is 2.52. The van der Waals surface area contributed by atoms with Crippen LogP contribution in [0.5, 0.6) is 0 Å². The van der Waals surface area contributed by atoms with Crippen molar-refractivity contribution in [2.75, 3.05) is 4.90 Å². The van der Waals surface area contributed by atoms with Gasteiger partial charge in [0.25, 0.3) is 0 Å². The first kappa shape index (κ1) is 32.1. The highest BCUT2D eigenvalue weighted by molar-refractivity contribution is 6.26. The van der Waals surface area contributed by atoms with Gasteiger partial charge in [-0.2, -0.15) is 0 Å². The Morgan fingerprint density at radius 2 is 0.965 bits per heavy atom. The molecule has 0 N–H and O–H groups in total. The molecule has 0 saturated heterocycles. The number of hydrogen-bond donors (Lipinski definition) is 0. The third kappa shape index (κ3) is 4.59. The van der Waals surface area contributed by atoms with Crippen LogP contribution in [0, 0.1) is 0 Å². The van der Waals surface area contributed by atoms with Gasteiger partial charge in [0, 0.05) is 33.1 Å². The van der Waals surface area contributed by atoms with Gasteiger partial charge in [-0.25, -0.2) is 0 Å². The number of anilines is 3. The van der Waals surface area contributed by atoms with Gasteiger partial charge in [-0.1, -0.05) is 166 Å². The number of hydrogen-bond acceptors (Lipinski definition) is 2. The average Bonchev–Trinajstić information content (AvgIpc) is 3.75. The minimum absolute atomic E-state index is 0.151. The van der Waals surface area contributed by atoms with Gasteiger partial charge in [-0.05, 0) is 107 Å². The number of rotatable bonds is 4. The highest BCUT2D eigenvalue weighted by atomic mass is 16.3. The van der Waals surface area contributed by atoms with Crippen LogP contribution < -0.4 is 4.90 Å². The number of benzene rings is 10. The third-order valence-corrected chi connectivity index (χ3v) is 12.6. The van der Waals surface area contributed by atoms with E-state index in [1.165, 1.54) is 65.3 Å². The van der Waals surface area contributed by atoms with E-state index in [1.54, 1.807) is 0 Å². The number of nitrogens with zero attached hydrogens (tertiary/aromatic N) is 1. The van der Waals surface area contributed by atoms with E-state index in [2.05, 4.69) is 207 Å². The maximum absolute atomic E-state index is 7.26. The largest absolute Gasteiger partial charge is 0.453 e. The van der Waals surface area contributed by atoms with Crippen LogP contribution in [-0.4, -0.2) is 0 Å². The molecule has 268 valence electrons. The molecule has 1 aliphatic rings. The lowest BCUT2D eigenvalue weighted by Gasteiger charge is -2.28. The van der Waals surface area contributed by atoms with Crippen molar-refractivity contribution in [3.63, 3.8) is 0 Å². The molecule has 1 aliphatic carbocycles. The molecule has 0 radical (unpaired) electrons. The Morgan fingerprint density at radius 3 is 1.74 bits per heavy atom. The van der Waals surface area contributed by atoms with Gasteiger partial charge < -0.3 is 9.32 Å². The van der Waals surface area contributed by atoms with E-state index in [0.29, 0.717) is 0 Å². The number of fused-ring (bicyclic) bond motifs is 13. The van der Waals surface area contributed by atoms with E-state index in [4.69, 9.17) is 4.42 Å². The van der Waals surface area contributed by atoms with Gasteiger partial charge in [-0.15, -0.1) is 0 Å². The molecule has 10 aromatic carbocycles. The Morgan fingerprint density at radius 1 is 0.386 bits per heavy atom. The second-order valence-corrected chi connectivity index (χ2v) is 16.0. The van der Waals surface area contributed by atoms with Gasteiger partial charge >= 0.3 is 0 Å². The van der Waals surface area contributed by atoms with E-state index >= 15 is 0 Å². The molecule has 0 bridgehead atoms. The lowest BCUT2D eigenvalue weighted by atomic mass is 9.82. The normalized spacial score (nSPS) is 13.2. The molecule has 57 heavy (non-hydrogen) atoms. The first-order chi connectivity index (χ1) is 28.0. The zero-order valence-corrected chi connectivity index (χ0v) is 31.8. The molecule has 2 heteroatoms. The molecule has 1 heterocycles. The molecule has 0 spiro atoms. The molecule has 0 unspecified atom stereocenters. The van der Waals surface area contributed by atoms with Crippen molar-refractivity contribution in [3.8, 4) is 22.3 Å². The van der Waals surface area contributed by atoms with E-state index in [-0.39, 0.29) is 5.41 Å². The third-order valence-electron chi connectivity index (χ3n) is 12.6. The average molecular weight is 728 g/mol. The molecule has 0 amide bonds. The Labute approximate surface area is 330 Å². The van der Waals surface area contributed by atoms with E-state index < -0.39 is 0 Å². The smallest absolute Gasteiger partial charge is 0.159 e. The molecule has 12 rings (SSSR count). The van der Waals surface area contributed by atoms with E-state index in [9.17, 15) is 0 Å². The summed E-state index contributed by atoms with van der Waals surface area (Å²) in [4.78, 5) is 2.43. The fraction of sp³-hybridized carbons (Fsp3) is 0.0545. The standard InChI is InChI=1S/C55H37NO/c1-55(2)49-25-13-12-23-44(49)45-30-28-37(33-50(45)55)56(36-27-29-43-41-21-9-8-19-39(41)40-20-10-11-22-42(40)47(43)32-36)51-26-14-24-46-48-31-35-17-6-7-18-38(35)52(54(48)57-53(46)51)34-15-4-3-5-16-34/h3-33H,1-2H3. The van der Waals surface area contributed by atoms with Crippen molar-refractivity contribution < 1.29 is 4.42 Å². The van der Waals surface area contributed by atoms with Crippen LogP contribution in [-0.2, 0) is 5.41 Å². The fourth-order valence-electron chi connectivity index (χ4n) is 9.94. The maximum atomic E-state index is 7.26. The van der Waals surface area contributed by atoms with E-state index in [1.807, 2.05) is 0 Å². The summed E-state index contributed by atoms with van der Waals surface area (Å²) in [5, 5.41) is 12.1. The predicted molar refractivity (Wildman–Crippen MR) is 241 cm³/mol. The molecule has 0 saturated carbocycles. The number of furan rings is 1. The Bertz CT molecular complexity index is 3410. The molecule has 11 aromatic rings. The van der Waals surface area contributed by atoms with Crippen molar-refractivity contribution in [3.05, 3.63) is 199 Å². The van der Waals surface area contributed by atoms with Crippen LogP contribution >= 0.6 is 0 Å². The van der Waals surface area contributed by atoms with Crippen molar-refractivity contribution >= 4 is 82.1 Å². The summed E-state index contributed by atoms with van der Waals surface area (Å²) in [5.74, 6) is 0. The zero-order chi connectivity index (χ0) is 37.8. The predicted octanol–water partition coefficient (Wildman–Crippen LogP) is 15.6. The second kappa shape index (κ2) is 11.9. The van der Waals surface area contributed by atoms with Crippen LogP contribution in [0.2, 0.25) is 0 Å². The molecule has 0 atom stereocenters. The summed E-state index contributed by atoms with van der Waals surface area (Å²) in [5.41, 5.74) is 12.4. The molecule has 1 aromatic heterocycles. The summed E-state index contributed by atoms with van der Waals surface area (Å²) in [6, 6.07) is 68.8. The zero-order valence-electron chi connectivity index (χ0n) is 31.8. The fourth-order valence-corrected chi connectivity index (χ4v) is 9.94. The van der Waals surface area contributed by atoms with Crippen LogP contribution in [0.25, 0.3) is 87.3 Å². The first-order valence-electron chi connectivity index (χ1n) is 19.8. The molecule has 0 fully saturated rings. The highest BCUT2D eigenvalue weighted by Gasteiger charge is 2.36. The second-order valence-electron chi connectivity index (χ2n) is 16.0. The van der Waals surface area contributed by atoms with Crippen molar-refractivity contribution in [1.82, 2.24) is 0 Å².